The molecule has 2 aromatic heterocycles. The number of aromatic nitrogens is 1. The highest BCUT2D eigenvalue weighted by molar-refractivity contribution is 5.33. The van der Waals surface area contributed by atoms with Crippen molar-refractivity contribution in [3.05, 3.63) is 47.7 Å². The van der Waals surface area contributed by atoms with Gasteiger partial charge >= 0.3 is 0 Å². The summed E-state index contributed by atoms with van der Waals surface area (Å²) in [6.07, 6.45) is 5.54. The molecule has 2 rings (SSSR count). The van der Waals surface area contributed by atoms with Gasteiger partial charge in [0.15, 0.2) is 0 Å². The van der Waals surface area contributed by atoms with Crippen molar-refractivity contribution in [1.82, 2.24) is 10.3 Å². The van der Waals surface area contributed by atoms with Gasteiger partial charge in [-0.25, -0.2) is 0 Å². The highest BCUT2D eigenvalue weighted by Gasteiger charge is 2.16. The molecule has 0 fully saturated rings. The molecule has 2 aromatic rings. The maximum atomic E-state index is 5.71. The average molecular weight is 274 g/mol. The number of rotatable bonds is 6. The maximum Gasteiger partial charge on any atom is 0.138 e. The number of furan rings is 1. The predicted molar refractivity (Wildman–Crippen MR) is 79.0 cm³/mol. The summed E-state index contributed by atoms with van der Waals surface area (Å²) in [6, 6.07) is 4.15. The van der Waals surface area contributed by atoms with Crippen LogP contribution in [0.3, 0.4) is 0 Å². The fraction of sp³-hybridized carbons (Fsp3) is 0.438. The zero-order chi connectivity index (χ0) is 14.5. The molecule has 0 radical (unpaired) electrons. The van der Waals surface area contributed by atoms with E-state index in [2.05, 4.69) is 17.2 Å². The molecule has 4 heteroatoms. The SMILES string of the molecule is CCNC(c1cncc(OC(C)C)c1)c1coc(C)c1. The van der Waals surface area contributed by atoms with Gasteiger partial charge in [-0.2, -0.15) is 0 Å². The first-order valence-electron chi connectivity index (χ1n) is 7.00. The van der Waals surface area contributed by atoms with E-state index in [1.807, 2.05) is 39.1 Å². The van der Waals surface area contributed by atoms with Gasteiger partial charge in [-0.15, -0.1) is 0 Å². The van der Waals surface area contributed by atoms with Gasteiger partial charge < -0.3 is 14.5 Å². The Morgan fingerprint density at radius 2 is 2.05 bits per heavy atom. The summed E-state index contributed by atoms with van der Waals surface area (Å²) in [4.78, 5) is 4.28. The van der Waals surface area contributed by atoms with Crippen molar-refractivity contribution in [3.63, 3.8) is 0 Å². The lowest BCUT2D eigenvalue weighted by atomic mass is 10.0. The van der Waals surface area contributed by atoms with Crippen LogP contribution in [0.2, 0.25) is 0 Å². The van der Waals surface area contributed by atoms with Gasteiger partial charge in [0.05, 0.1) is 24.6 Å². The Bertz CT molecular complexity index is 549. The minimum atomic E-state index is 0.0701. The zero-order valence-corrected chi connectivity index (χ0v) is 12.5. The molecule has 4 nitrogen and oxygen atoms in total. The second-order valence-corrected chi connectivity index (χ2v) is 5.10. The second kappa shape index (κ2) is 6.57. The van der Waals surface area contributed by atoms with E-state index < -0.39 is 0 Å². The first-order valence-corrected chi connectivity index (χ1v) is 7.00. The highest BCUT2D eigenvalue weighted by Crippen LogP contribution is 2.26. The van der Waals surface area contributed by atoms with Crippen molar-refractivity contribution in [3.8, 4) is 5.75 Å². The van der Waals surface area contributed by atoms with Crippen molar-refractivity contribution in [2.45, 2.75) is 39.8 Å². The summed E-state index contributed by atoms with van der Waals surface area (Å²) >= 11 is 0. The number of hydrogen-bond donors (Lipinski definition) is 1. The van der Waals surface area contributed by atoms with E-state index in [1.165, 1.54) is 0 Å². The minimum Gasteiger partial charge on any atom is -0.489 e. The first-order chi connectivity index (χ1) is 9.60. The van der Waals surface area contributed by atoms with Crippen LogP contribution in [0.25, 0.3) is 0 Å². The smallest absolute Gasteiger partial charge is 0.138 e. The quantitative estimate of drug-likeness (QED) is 0.876. The Kier molecular flexibility index (Phi) is 4.79. The summed E-state index contributed by atoms with van der Waals surface area (Å²) in [7, 11) is 0. The fourth-order valence-electron chi connectivity index (χ4n) is 2.18. The summed E-state index contributed by atoms with van der Waals surface area (Å²) in [5.74, 6) is 1.70. The third-order valence-electron chi connectivity index (χ3n) is 2.93. The third kappa shape index (κ3) is 3.61. The number of aryl methyl sites for hydroxylation is 1. The van der Waals surface area contributed by atoms with E-state index in [4.69, 9.17) is 9.15 Å². The number of ether oxygens (including phenoxy) is 1. The first kappa shape index (κ1) is 14.6. The molecule has 1 N–H and O–H groups in total. The molecule has 0 spiro atoms. The summed E-state index contributed by atoms with van der Waals surface area (Å²) in [6.45, 7) is 8.91. The van der Waals surface area contributed by atoms with Crippen LogP contribution in [0, 0.1) is 6.92 Å². The lowest BCUT2D eigenvalue weighted by Crippen LogP contribution is -2.21. The number of pyridine rings is 1. The van der Waals surface area contributed by atoms with Gasteiger partial charge in [-0.1, -0.05) is 6.92 Å². The molecule has 0 aromatic carbocycles. The van der Waals surface area contributed by atoms with E-state index in [-0.39, 0.29) is 12.1 Å². The van der Waals surface area contributed by atoms with Crippen molar-refractivity contribution in [1.29, 1.82) is 0 Å². The Morgan fingerprint density at radius 1 is 1.25 bits per heavy atom. The van der Waals surface area contributed by atoms with Gasteiger partial charge in [-0.3, -0.25) is 4.98 Å². The van der Waals surface area contributed by atoms with Gasteiger partial charge in [0.1, 0.15) is 11.5 Å². The predicted octanol–water partition coefficient (Wildman–Crippen LogP) is 3.47. The molecule has 1 unspecified atom stereocenters. The van der Waals surface area contributed by atoms with Crippen LogP contribution in [0.4, 0.5) is 0 Å². The summed E-state index contributed by atoms with van der Waals surface area (Å²) < 4.78 is 11.1. The van der Waals surface area contributed by atoms with Crippen LogP contribution in [0.15, 0.2) is 35.2 Å². The number of nitrogens with zero attached hydrogens (tertiary/aromatic N) is 1. The largest absolute Gasteiger partial charge is 0.489 e. The molecular weight excluding hydrogens is 252 g/mol. The van der Waals surface area contributed by atoms with Gasteiger partial charge in [-0.05, 0) is 45.0 Å². The monoisotopic (exact) mass is 274 g/mol. The minimum absolute atomic E-state index is 0.0701. The average Bonchev–Trinajstić information content (AvgIpc) is 2.82. The molecule has 0 amide bonds. The molecule has 0 bridgehead atoms. The molecule has 2 heterocycles. The Labute approximate surface area is 120 Å². The second-order valence-electron chi connectivity index (χ2n) is 5.10. The van der Waals surface area contributed by atoms with Crippen molar-refractivity contribution in [2.75, 3.05) is 6.54 Å². The lowest BCUT2D eigenvalue weighted by Gasteiger charge is -2.18. The maximum absolute atomic E-state index is 5.71. The number of nitrogens with one attached hydrogen (secondary N) is 1. The Hall–Kier alpha value is -1.81. The Balaban J connectivity index is 2.29. The molecule has 20 heavy (non-hydrogen) atoms. The summed E-state index contributed by atoms with van der Waals surface area (Å²) in [5.41, 5.74) is 2.18. The van der Waals surface area contributed by atoms with Crippen LogP contribution in [0.5, 0.6) is 5.75 Å². The van der Waals surface area contributed by atoms with E-state index >= 15 is 0 Å². The third-order valence-corrected chi connectivity index (χ3v) is 2.93. The summed E-state index contributed by atoms with van der Waals surface area (Å²) in [5, 5.41) is 3.45. The van der Waals surface area contributed by atoms with Gasteiger partial charge in [0, 0.05) is 11.8 Å². The Morgan fingerprint density at radius 3 is 2.65 bits per heavy atom. The van der Waals surface area contributed by atoms with Crippen molar-refractivity contribution >= 4 is 0 Å². The number of hydrogen-bond acceptors (Lipinski definition) is 4. The van der Waals surface area contributed by atoms with Crippen molar-refractivity contribution < 1.29 is 9.15 Å². The molecule has 1 atom stereocenters. The van der Waals surface area contributed by atoms with Crippen LogP contribution in [0.1, 0.15) is 43.7 Å². The standard InChI is InChI=1S/C16H22N2O2/c1-5-18-16(14-6-12(4)19-10-14)13-7-15(9-17-8-13)20-11(2)3/h6-11,16,18H,5H2,1-4H3. The van der Waals surface area contributed by atoms with E-state index in [0.29, 0.717) is 0 Å². The van der Waals surface area contributed by atoms with Crippen LogP contribution in [-0.2, 0) is 0 Å². The fourth-order valence-corrected chi connectivity index (χ4v) is 2.18. The van der Waals surface area contributed by atoms with E-state index in [0.717, 1.165) is 29.2 Å². The van der Waals surface area contributed by atoms with E-state index in [9.17, 15) is 0 Å². The van der Waals surface area contributed by atoms with Crippen LogP contribution >= 0.6 is 0 Å². The lowest BCUT2D eigenvalue weighted by molar-refractivity contribution is 0.241. The molecule has 0 aliphatic rings. The van der Waals surface area contributed by atoms with Crippen LogP contribution in [-0.4, -0.2) is 17.6 Å². The van der Waals surface area contributed by atoms with Crippen molar-refractivity contribution in [2.24, 2.45) is 0 Å². The molecule has 0 saturated carbocycles. The normalized spacial score (nSPS) is 12.7. The molecular formula is C16H22N2O2. The van der Waals surface area contributed by atoms with Crippen LogP contribution < -0.4 is 10.1 Å². The highest BCUT2D eigenvalue weighted by atomic mass is 16.5. The molecule has 0 aliphatic heterocycles. The van der Waals surface area contributed by atoms with E-state index in [1.54, 1.807) is 12.5 Å². The molecule has 108 valence electrons. The van der Waals surface area contributed by atoms with Gasteiger partial charge in [0.2, 0.25) is 0 Å². The zero-order valence-electron chi connectivity index (χ0n) is 12.5. The molecule has 0 aliphatic carbocycles. The molecule has 0 saturated heterocycles. The van der Waals surface area contributed by atoms with Gasteiger partial charge in [0.25, 0.3) is 0 Å². The topological polar surface area (TPSA) is 47.3 Å².